The number of hydrogen-bond acceptors (Lipinski definition) is 6. The van der Waals surface area contributed by atoms with E-state index in [2.05, 4.69) is 16.9 Å². The van der Waals surface area contributed by atoms with Gasteiger partial charge in [-0.05, 0) is 36.3 Å². The smallest absolute Gasteiger partial charge is 0.273 e. The molecule has 3 aromatic rings. The van der Waals surface area contributed by atoms with E-state index in [1.807, 2.05) is 12.1 Å². The molecule has 144 valence electrons. The zero-order valence-corrected chi connectivity index (χ0v) is 16.4. The molecule has 1 N–H and O–H groups in total. The monoisotopic (exact) mass is 415 g/mol. The van der Waals surface area contributed by atoms with Crippen molar-refractivity contribution in [2.75, 3.05) is 10.8 Å². The normalized spacial score (nSPS) is 16.4. The maximum Gasteiger partial charge on any atom is 0.273 e. The number of nitrogens with one attached hydrogen (secondary N) is 1. The van der Waals surface area contributed by atoms with Gasteiger partial charge in [0.2, 0.25) is 5.91 Å². The first-order valence-electron chi connectivity index (χ1n) is 8.54. The lowest BCUT2D eigenvalue weighted by Crippen LogP contribution is -2.40. The van der Waals surface area contributed by atoms with Crippen LogP contribution in [0.3, 0.4) is 0 Å². The Kier molecular flexibility index (Phi) is 4.78. The van der Waals surface area contributed by atoms with Gasteiger partial charge in [0.25, 0.3) is 10.0 Å². The molecule has 4 rings (SSSR count). The third-order valence-corrected chi connectivity index (χ3v) is 7.88. The number of para-hydroxylation sites is 1. The molecular formula is C19H17N3O4S2. The van der Waals surface area contributed by atoms with E-state index >= 15 is 0 Å². The van der Waals surface area contributed by atoms with Gasteiger partial charge in [-0.3, -0.25) is 9.10 Å². The number of oxazole rings is 1. The van der Waals surface area contributed by atoms with E-state index in [1.165, 1.54) is 16.8 Å². The Labute approximate surface area is 166 Å². The van der Waals surface area contributed by atoms with Crippen LogP contribution in [0.25, 0.3) is 10.6 Å². The van der Waals surface area contributed by atoms with Crippen LogP contribution in [0, 0.1) is 0 Å². The molecule has 3 heterocycles. The molecular weight excluding hydrogens is 398 g/mol. The first-order valence-corrected chi connectivity index (χ1v) is 10.8. The van der Waals surface area contributed by atoms with Crippen LogP contribution in [-0.2, 0) is 14.8 Å². The van der Waals surface area contributed by atoms with Crippen LogP contribution >= 0.6 is 11.3 Å². The zero-order valence-electron chi connectivity index (χ0n) is 14.7. The molecule has 9 heteroatoms. The fourth-order valence-electron chi connectivity index (χ4n) is 3.20. The molecule has 0 aliphatic carbocycles. The molecule has 1 atom stereocenters. The van der Waals surface area contributed by atoms with Gasteiger partial charge in [-0.1, -0.05) is 24.8 Å². The SMILES string of the molecule is C=CC(=O)NC1CCN(S(=O)(=O)c2ccc(-c3cnco3)s2)c2ccccc21. The molecule has 0 bridgehead atoms. The number of amides is 1. The van der Waals surface area contributed by atoms with E-state index in [-0.39, 0.29) is 22.7 Å². The van der Waals surface area contributed by atoms with Gasteiger partial charge in [0, 0.05) is 6.54 Å². The minimum Gasteiger partial charge on any atom is -0.443 e. The second-order valence-electron chi connectivity index (χ2n) is 6.17. The molecule has 28 heavy (non-hydrogen) atoms. The molecule has 1 aliphatic heterocycles. The Balaban J connectivity index is 1.69. The number of aromatic nitrogens is 1. The summed E-state index contributed by atoms with van der Waals surface area (Å²) in [5, 5.41) is 2.86. The number of carbonyl (C=O) groups excluding carboxylic acids is 1. The van der Waals surface area contributed by atoms with Gasteiger partial charge in [-0.15, -0.1) is 11.3 Å². The summed E-state index contributed by atoms with van der Waals surface area (Å²) < 4.78 is 33.5. The fourth-order valence-corrected chi connectivity index (χ4v) is 6.08. The maximum atomic E-state index is 13.3. The van der Waals surface area contributed by atoms with E-state index in [0.717, 1.165) is 16.9 Å². The van der Waals surface area contributed by atoms with E-state index < -0.39 is 10.0 Å². The summed E-state index contributed by atoms with van der Waals surface area (Å²) in [7, 11) is -3.75. The average Bonchev–Trinajstić information content (AvgIpc) is 3.39. The summed E-state index contributed by atoms with van der Waals surface area (Å²) in [6.07, 6.45) is 4.53. The van der Waals surface area contributed by atoms with Gasteiger partial charge in [0.15, 0.2) is 12.2 Å². The highest BCUT2D eigenvalue weighted by Gasteiger charge is 2.34. The van der Waals surface area contributed by atoms with Crippen molar-refractivity contribution in [3.63, 3.8) is 0 Å². The highest BCUT2D eigenvalue weighted by atomic mass is 32.2. The summed E-state index contributed by atoms with van der Waals surface area (Å²) in [5.41, 5.74) is 1.33. The molecule has 2 aromatic heterocycles. The molecule has 7 nitrogen and oxygen atoms in total. The molecule has 0 saturated carbocycles. The predicted molar refractivity (Wildman–Crippen MR) is 106 cm³/mol. The van der Waals surface area contributed by atoms with Gasteiger partial charge in [-0.2, -0.15) is 0 Å². The summed E-state index contributed by atoms with van der Waals surface area (Å²) in [6, 6.07) is 10.2. The van der Waals surface area contributed by atoms with Crippen LogP contribution in [0.2, 0.25) is 0 Å². The molecule has 1 aliphatic rings. The molecule has 0 saturated heterocycles. The quantitative estimate of drug-likeness (QED) is 0.645. The highest BCUT2D eigenvalue weighted by Crippen LogP contribution is 2.39. The molecule has 0 radical (unpaired) electrons. The molecule has 0 spiro atoms. The third-order valence-electron chi connectivity index (χ3n) is 4.50. The van der Waals surface area contributed by atoms with E-state index in [0.29, 0.717) is 22.7 Å². The lowest BCUT2D eigenvalue weighted by atomic mass is 9.98. The van der Waals surface area contributed by atoms with Crippen LogP contribution in [-0.4, -0.2) is 25.9 Å². The summed E-state index contributed by atoms with van der Waals surface area (Å²) in [6.45, 7) is 3.73. The van der Waals surface area contributed by atoms with Crippen molar-refractivity contribution >= 4 is 33.0 Å². The molecule has 1 unspecified atom stereocenters. The van der Waals surface area contributed by atoms with Gasteiger partial charge in [0.05, 0.1) is 22.8 Å². The number of hydrogen-bond donors (Lipinski definition) is 1. The molecule has 1 aromatic carbocycles. The zero-order chi connectivity index (χ0) is 19.7. The van der Waals surface area contributed by atoms with E-state index in [9.17, 15) is 13.2 Å². The lowest BCUT2D eigenvalue weighted by Gasteiger charge is -2.34. The fraction of sp³-hybridized carbons (Fsp3) is 0.158. The predicted octanol–water partition coefficient (Wildman–Crippen LogP) is 3.35. The van der Waals surface area contributed by atoms with Crippen molar-refractivity contribution in [2.24, 2.45) is 0 Å². The van der Waals surface area contributed by atoms with Crippen LogP contribution in [0.15, 0.2) is 70.3 Å². The molecule has 0 fully saturated rings. The number of benzene rings is 1. The summed E-state index contributed by atoms with van der Waals surface area (Å²) >= 11 is 1.13. The topological polar surface area (TPSA) is 92.5 Å². The Bertz CT molecular complexity index is 1120. The number of rotatable bonds is 5. The second kappa shape index (κ2) is 7.25. The number of anilines is 1. The molecule has 1 amide bonds. The van der Waals surface area contributed by atoms with Crippen molar-refractivity contribution in [3.8, 4) is 10.6 Å². The number of nitrogens with zero attached hydrogens (tertiary/aromatic N) is 2. The Morgan fingerprint density at radius 2 is 2.14 bits per heavy atom. The average molecular weight is 415 g/mol. The highest BCUT2D eigenvalue weighted by molar-refractivity contribution is 7.94. The second-order valence-corrected chi connectivity index (χ2v) is 9.35. The first kappa shape index (κ1) is 18.5. The van der Waals surface area contributed by atoms with Crippen molar-refractivity contribution in [1.29, 1.82) is 0 Å². The van der Waals surface area contributed by atoms with Crippen LogP contribution < -0.4 is 9.62 Å². The van der Waals surface area contributed by atoms with Gasteiger partial charge >= 0.3 is 0 Å². The largest absolute Gasteiger partial charge is 0.443 e. The van der Waals surface area contributed by atoms with Gasteiger partial charge in [-0.25, -0.2) is 13.4 Å². The number of sulfonamides is 1. The first-order chi connectivity index (χ1) is 13.5. The van der Waals surface area contributed by atoms with Crippen molar-refractivity contribution in [1.82, 2.24) is 10.3 Å². The van der Waals surface area contributed by atoms with E-state index in [1.54, 1.807) is 30.5 Å². The van der Waals surface area contributed by atoms with Gasteiger partial charge < -0.3 is 9.73 Å². The van der Waals surface area contributed by atoms with Crippen molar-refractivity contribution in [2.45, 2.75) is 16.7 Å². The summed E-state index contributed by atoms with van der Waals surface area (Å²) in [5.74, 6) is 0.240. The van der Waals surface area contributed by atoms with Crippen LogP contribution in [0.1, 0.15) is 18.0 Å². The Hall–Kier alpha value is -2.91. The Morgan fingerprint density at radius 1 is 1.32 bits per heavy atom. The Morgan fingerprint density at radius 3 is 2.89 bits per heavy atom. The maximum absolute atomic E-state index is 13.3. The van der Waals surface area contributed by atoms with Crippen molar-refractivity contribution in [3.05, 3.63) is 67.2 Å². The minimum absolute atomic E-state index is 0.224. The lowest BCUT2D eigenvalue weighted by molar-refractivity contribution is -0.117. The van der Waals surface area contributed by atoms with Crippen LogP contribution in [0.5, 0.6) is 0 Å². The third kappa shape index (κ3) is 3.23. The summed E-state index contributed by atoms with van der Waals surface area (Å²) in [4.78, 5) is 16.3. The number of fused-ring (bicyclic) bond motifs is 1. The van der Waals surface area contributed by atoms with E-state index in [4.69, 9.17) is 4.42 Å². The van der Waals surface area contributed by atoms with Crippen LogP contribution in [0.4, 0.5) is 5.69 Å². The minimum atomic E-state index is -3.75. The number of thiophene rings is 1. The number of carbonyl (C=O) groups is 1. The van der Waals surface area contributed by atoms with Crippen molar-refractivity contribution < 1.29 is 17.6 Å². The van der Waals surface area contributed by atoms with Gasteiger partial charge in [0.1, 0.15) is 4.21 Å². The standard InChI is InChI=1S/C19H17N3O4S2/c1-2-18(23)21-14-9-10-22(15-6-4-3-5-13(14)15)28(24,25)19-8-7-17(27-19)16-11-20-12-26-16/h2-8,11-12,14H,1,9-10H2,(H,21,23).